The van der Waals surface area contributed by atoms with Gasteiger partial charge in [-0.3, -0.25) is 9.59 Å². The van der Waals surface area contributed by atoms with Crippen molar-refractivity contribution >= 4 is 11.9 Å². The second kappa shape index (κ2) is 9.51. The maximum atomic E-state index is 9.99. The zero-order chi connectivity index (χ0) is 8.15. The zero-order valence-electron chi connectivity index (χ0n) is 7.58. The molecule has 12 heavy (non-hydrogen) atoms. The summed E-state index contributed by atoms with van der Waals surface area (Å²) in [6, 6.07) is -1.06. The molecule has 0 fully saturated rings. The predicted molar refractivity (Wildman–Crippen MR) is 33.6 cm³/mol. The fourth-order valence-corrected chi connectivity index (χ4v) is 0.402. The molecule has 0 amide bonds. The minimum absolute atomic E-state index is 0. The van der Waals surface area contributed by atoms with Crippen molar-refractivity contribution in [2.45, 2.75) is 18.9 Å². The van der Waals surface area contributed by atoms with Gasteiger partial charge < -0.3 is 17.4 Å². The molecule has 0 aliphatic carbocycles. The van der Waals surface area contributed by atoms with Crippen LogP contribution in [0.2, 0.25) is 0 Å². The Morgan fingerprint density at radius 2 is 1.83 bits per heavy atom. The molecule has 1 unspecified atom stereocenters. The molecule has 0 saturated heterocycles. The largest absolute Gasteiger partial charge is 1.00 e. The maximum Gasteiger partial charge on any atom is 1.00 e. The van der Waals surface area contributed by atoms with E-state index in [9.17, 15) is 9.59 Å². The molecule has 0 heterocycles. The van der Waals surface area contributed by atoms with E-state index in [2.05, 4.69) is 0 Å². The van der Waals surface area contributed by atoms with Gasteiger partial charge in [0.1, 0.15) is 6.04 Å². The maximum absolute atomic E-state index is 9.99. The molecule has 1 atom stereocenters. The standard InChI is InChI=1S/C5H9NO4.Cu.Na.H/c6-3(5(9)10)1-2-4(7)8;;;/h3H,1-2,6H2,(H,7,8)(H,9,10);;;/q;;+1;-1. The molecule has 71 valence electrons. The van der Waals surface area contributed by atoms with Crippen LogP contribution in [0.15, 0.2) is 0 Å². The Balaban J connectivity index is -0.000000135. The van der Waals surface area contributed by atoms with Gasteiger partial charge in [0.2, 0.25) is 0 Å². The molecule has 0 rings (SSSR count). The number of carbonyl (C=O) groups is 2. The quantitative estimate of drug-likeness (QED) is 0.436. The first kappa shape index (κ1) is 18.3. The second-order valence-electron chi connectivity index (χ2n) is 1.88. The third kappa shape index (κ3) is 10.4. The summed E-state index contributed by atoms with van der Waals surface area (Å²) in [7, 11) is 0. The Bertz CT molecular complexity index is 159. The molecular weight excluding hydrogens is 225 g/mol. The first-order valence-electron chi connectivity index (χ1n) is 2.74. The summed E-state index contributed by atoms with van der Waals surface area (Å²) in [5.41, 5.74) is 5.00. The Morgan fingerprint density at radius 3 is 2.08 bits per heavy atom. The van der Waals surface area contributed by atoms with Gasteiger partial charge in [-0.1, -0.05) is 0 Å². The van der Waals surface area contributed by atoms with Crippen LogP contribution in [0.4, 0.5) is 0 Å². The SMILES string of the molecule is NC(CCC(=O)O)C(=O)O.[Cu].[H-].[Na+]. The molecule has 0 aromatic heterocycles. The third-order valence-electron chi connectivity index (χ3n) is 0.986. The van der Waals surface area contributed by atoms with Crippen LogP contribution < -0.4 is 35.3 Å². The van der Waals surface area contributed by atoms with Gasteiger partial charge in [-0.15, -0.1) is 0 Å². The fourth-order valence-electron chi connectivity index (χ4n) is 0.402. The molecule has 4 N–H and O–H groups in total. The number of rotatable bonds is 4. The number of nitrogens with two attached hydrogens (primary N) is 1. The summed E-state index contributed by atoms with van der Waals surface area (Å²) in [6.07, 6.45) is -0.224. The third-order valence-corrected chi connectivity index (χ3v) is 0.986. The van der Waals surface area contributed by atoms with Gasteiger partial charge in [0.05, 0.1) is 0 Å². The molecule has 5 nitrogen and oxygen atoms in total. The zero-order valence-corrected chi connectivity index (χ0v) is 9.52. The van der Waals surface area contributed by atoms with Crippen LogP contribution in [0.25, 0.3) is 0 Å². The Labute approximate surface area is 104 Å². The Kier molecular flexibility index (Phi) is 14.5. The molecule has 7 heteroatoms. The van der Waals surface area contributed by atoms with Crippen LogP contribution in [-0.4, -0.2) is 28.2 Å². The van der Waals surface area contributed by atoms with Crippen LogP contribution in [0.5, 0.6) is 0 Å². The molecule has 0 spiro atoms. The van der Waals surface area contributed by atoms with Crippen LogP contribution in [0.1, 0.15) is 14.3 Å². The van der Waals surface area contributed by atoms with E-state index in [4.69, 9.17) is 15.9 Å². The number of carboxylic acid groups (broad SMARTS) is 2. The summed E-state index contributed by atoms with van der Waals surface area (Å²) in [4.78, 5) is 19.9. The van der Waals surface area contributed by atoms with E-state index in [1.807, 2.05) is 0 Å². The van der Waals surface area contributed by atoms with Crippen molar-refractivity contribution in [3.63, 3.8) is 0 Å². The Morgan fingerprint density at radius 1 is 1.42 bits per heavy atom. The van der Waals surface area contributed by atoms with Crippen molar-refractivity contribution in [1.29, 1.82) is 0 Å². The monoisotopic (exact) mass is 234 g/mol. The van der Waals surface area contributed by atoms with Gasteiger partial charge >= 0.3 is 41.5 Å². The molecule has 0 aromatic rings. The molecule has 0 saturated carbocycles. The van der Waals surface area contributed by atoms with Crippen LogP contribution in [0.3, 0.4) is 0 Å². The summed E-state index contributed by atoms with van der Waals surface area (Å²) >= 11 is 0. The van der Waals surface area contributed by atoms with E-state index in [-0.39, 0.29) is 60.9 Å². The molecule has 0 aliphatic heterocycles. The first-order chi connectivity index (χ1) is 4.54. The minimum atomic E-state index is -1.17. The summed E-state index contributed by atoms with van der Waals surface area (Å²) in [6.45, 7) is 0. The topological polar surface area (TPSA) is 101 Å². The van der Waals surface area contributed by atoms with E-state index in [1.165, 1.54) is 0 Å². The van der Waals surface area contributed by atoms with E-state index < -0.39 is 18.0 Å². The average molecular weight is 235 g/mol. The second-order valence-corrected chi connectivity index (χ2v) is 1.88. The van der Waals surface area contributed by atoms with Gasteiger partial charge in [0.25, 0.3) is 0 Å². The fraction of sp³-hybridized carbons (Fsp3) is 0.600. The van der Waals surface area contributed by atoms with Crippen molar-refractivity contribution in [3.05, 3.63) is 0 Å². The number of aliphatic carboxylic acids is 2. The summed E-state index contributed by atoms with van der Waals surface area (Å²) < 4.78 is 0. The number of hydrogen-bond acceptors (Lipinski definition) is 3. The van der Waals surface area contributed by atoms with Crippen LogP contribution in [-0.2, 0) is 26.7 Å². The van der Waals surface area contributed by atoms with Gasteiger partial charge in [-0.25, -0.2) is 0 Å². The Hall–Kier alpha value is 0.419. The minimum Gasteiger partial charge on any atom is -1.00 e. The molecular formula is C5H10CuNNaO4. The summed E-state index contributed by atoms with van der Waals surface area (Å²) in [5.74, 6) is -2.20. The van der Waals surface area contributed by atoms with E-state index in [0.29, 0.717) is 0 Å². The van der Waals surface area contributed by atoms with E-state index in [0.717, 1.165) is 0 Å². The van der Waals surface area contributed by atoms with Gasteiger partial charge in [0.15, 0.2) is 0 Å². The van der Waals surface area contributed by atoms with E-state index >= 15 is 0 Å². The molecule has 0 aliphatic rings. The van der Waals surface area contributed by atoms with Gasteiger partial charge in [0, 0.05) is 23.5 Å². The van der Waals surface area contributed by atoms with Crippen LogP contribution in [0, 0.1) is 0 Å². The summed E-state index contributed by atoms with van der Waals surface area (Å²) in [5, 5.41) is 16.3. The smallest absolute Gasteiger partial charge is 1.00 e. The average Bonchev–Trinajstić information content (AvgIpc) is 1.82. The van der Waals surface area contributed by atoms with Crippen molar-refractivity contribution in [2.75, 3.05) is 0 Å². The first-order valence-corrected chi connectivity index (χ1v) is 2.74. The normalized spacial score (nSPS) is 10.4. The molecule has 0 aromatic carbocycles. The van der Waals surface area contributed by atoms with Gasteiger partial charge in [-0.05, 0) is 6.42 Å². The number of hydrogen-bond donors (Lipinski definition) is 3. The number of carboxylic acids is 2. The van der Waals surface area contributed by atoms with Crippen molar-refractivity contribution in [1.82, 2.24) is 0 Å². The van der Waals surface area contributed by atoms with E-state index in [1.54, 1.807) is 0 Å². The van der Waals surface area contributed by atoms with Crippen molar-refractivity contribution in [3.8, 4) is 0 Å². The molecule has 1 radical (unpaired) electrons. The molecule has 0 bridgehead atoms. The van der Waals surface area contributed by atoms with Gasteiger partial charge in [-0.2, -0.15) is 0 Å². The van der Waals surface area contributed by atoms with Crippen LogP contribution >= 0.6 is 0 Å². The van der Waals surface area contributed by atoms with Crippen molar-refractivity contribution in [2.24, 2.45) is 5.73 Å². The van der Waals surface area contributed by atoms with Crippen molar-refractivity contribution < 1.29 is 67.9 Å². The predicted octanol–water partition coefficient (Wildman–Crippen LogP) is -3.62.